The molecule has 0 aliphatic heterocycles. The molecule has 0 bridgehead atoms. The molecule has 0 spiro atoms. The van der Waals surface area contributed by atoms with Gasteiger partial charge in [-0.05, 0) is 49.9 Å². The van der Waals surface area contributed by atoms with Crippen molar-refractivity contribution in [1.29, 1.82) is 0 Å². The van der Waals surface area contributed by atoms with Crippen LogP contribution in [-0.2, 0) is 0 Å². The number of hydrogen-bond acceptors (Lipinski definition) is 5. The van der Waals surface area contributed by atoms with Gasteiger partial charge in [-0.3, -0.25) is 0 Å². The molecule has 1 aromatic heterocycles. The molecule has 0 atom stereocenters. The summed E-state index contributed by atoms with van der Waals surface area (Å²) in [6.07, 6.45) is 9.15. The van der Waals surface area contributed by atoms with Crippen LogP contribution in [0.2, 0.25) is 0 Å². The first-order valence-electron chi connectivity index (χ1n) is 8.84. The minimum atomic E-state index is 0.457. The van der Waals surface area contributed by atoms with Gasteiger partial charge in [-0.2, -0.15) is 0 Å². The lowest BCUT2D eigenvalue weighted by Gasteiger charge is -2.19. The molecule has 0 unspecified atom stereocenters. The third-order valence-electron chi connectivity index (χ3n) is 4.56. The first-order valence-corrected chi connectivity index (χ1v) is 8.84. The lowest BCUT2D eigenvalue weighted by atomic mass is 10.1. The second kappa shape index (κ2) is 7.51. The summed E-state index contributed by atoms with van der Waals surface area (Å²) in [6.45, 7) is 4.17. The Labute approximate surface area is 144 Å². The molecule has 24 heavy (non-hydrogen) atoms. The zero-order valence-corrected chi connectivity index (χ0v) is 14.6. The molecule has 1 aliphatic rings. The van der Waals surface area contributed by atoms with Gasteiger partial charge in [-0.25, -0.2) is 9.97 Å². The molecular formula is C19H27N5. The van der Waals surface area contributed by atoms with E-state index >= 15 is 0 Å². The third-order valence-corrected chi connectivity index (χ3v) is 4.56. The van der Waals surface area contributed by atoms with E-state index < -0.39 is 0 Å². The van der Waals surface area contributed by atoms with E-state index in [1.165, 1.54) is 49.7 Å². The molecule has 3 rings (SSSR count). The molecule has 0 amide bonds. The van der Waals surface area contributed by atoms with Crippen LogP contribution in [0.25, 0.3) is 0 Å². The van der Waals surface area contributed by atoms with Crippen molar-refractivity contribution in [2.24, 2.45) is 0 Å². The second-order valence-corrected chi connectivity index (χ2v) is 6.82. The fourth-order valence-electron chi connectivity index (χ4n) is 3.41. The minimum absolute atomic E-state index is 0.457. The lowest BCUT2D eigenvalue weighted by molar-refractivity contribution is 0.618. The summed E-state index contributed by atoms with van der Waals surface area (Å²) in [7, 11) is 0. The van der Waals surface area contributed by atoms with E-state index in [1.54, 1.807) is 6.33 Å². The zero-order chi connectivity index (χ0) is 16.9. The summed E-state index contributed by atoms with van der Waals surface area (Å²) in [5.74, 6) is 1.40. The number of benzene rings is 1. The first kappa shape index (κ1) is 16.6. The summed E-state index contributed by atoms with van der Waals surface area (Å²) in [4.78, 5) is 8.67. The Bertz CT molecular complexity index is 670. The Balaban J connectivity index is 1.77. The van der Waals surface area contributed by atoms with Gasteiger partial charge in [-0.1, -0.05) is 31.7 Å². The maximum Gasteiger partial charge on any atom is 0.159 e. The molecule has 1 saturated carbocycles. The second-order valence-electron chi connectivity index (χ2n) is 6.82. The van der Waals surface area contributed by atoms with Crippen molar-refractivity contribution in [2.45, 2.75) is 58.4 Å². The van der Waals surface area contributed by atoms with Gasteiger partial charge < -0.3 is 16.4 Å². The van der Waals surface area contributed by atoms with E-state index in [0.717, 1.165) is 11.5 Å². The Morgan fingerprint density at radius 2 is 1.54 bits per heavy atom. The van der Waals surface area contributed by atoms with Gasteiger partial charge in [0.25, 0.3) is 0 Å². The highest BCUT2D eigenvalue weighted by atomic mass is 15.1. The Morgan fingerprint density at radius 3 is 2.21 bits per heavy atom. The molecule has 0 radical (unpaired) electrons. The normalized spacial score (nSPS) is 15.8. The molecule has 1 fully saturated rings. The number of nitrogen functional groups attached to an aromatic ring is 1. The van der Waals surface area contributed by atoms with E-state index in [0.29, 0.717) is 17.5 Å². The lowest BCUT2D eigenvalue weighted by Crippen LogP contribution is -2.20. The van der Waals surface area contributed by atoms with Crippen LogP contribution in [0, 0.1) is 13.8 Å². The van der Waals surface area contributed by atoms with E-state index in [-0.39, 0.29) is 0 Å². The number of nitrogens with zero attached hydrogens (tertiary/aromatic N) is 2. The number of aromatic nitrogens is 2. The van der Waals surface area contributed by atoms with E-state index in [2.05, 4.69) is 52.6 Å². The van der Waals surface area contributed by atoms with Crippen LogP contribution in [0.15, 0.2) is 24.5 Å². The molecule has 1 aromatic carbocycles. The Morgan fingerprint density at radius 1 is 0.917 bits per heavy atom. The van der Waals surface area contributed by atoms with E-state index in [1.807, 2.05) is 0 Å². The maximum atomic E-state index is 6.31. The van der Waals surface area contributed by atoms with Gasteiger partial charge in [0.1, 0.15) is 12.0 Å². The summed E-state index contributed by atoms with van der Waals surface area (Å²) in [5, 5.41) is 6.85. The van der Waals surface area contributed by atoms with Crippen molar-refractivity contribution in [3.8, 4) is 0 Å². The van der Waals surface area contributed by atoms with E-state index in [9.17, 15) is 0 Å². The Kier molecular flexibility index (Phi) is 5.18. The van der Waals surface area contributed by atoms with Crippen LogP contribution in [0.4, 0.5) is 23.0 Å². The largest absolute Gasteiger partial charge is 0.393 e. The molecule has 4 N–H and O–H groups in total. The predicted octanol–water partition coefficient (Wildman–Crippen LogP) is 4.55. The van der Waals surface area contributed by atoms with Crippen molar-refractivity contribution < 1.29 is 0 Å². The standard InChI is InChI=1S/C19H27N5/c1-13-9-14(2)11-16(10-13)24-19-17(20)18(21-12-22-19)23-15-7-5-3-4-6-8-15/h9-12,15H,3-8,20H2,1-2H3,(H2,21,22,23,24). The topological polar surface area (TPSA) is 75.9 Å². The quantitative estimate of drug-likeness (QED) is 0.719. The van der Waals surface area contributed by atoms with Crippen molar-refractivity contribution in [3.05, 3.63) is 35.7 Å². The number of hydrogen-bond donors (Lipinski definition) is 3. The molecule has 5 nitrogen and oxygen atoms in total. The highest BCUT2D eigenvalue weighted by Gasteiger charge is 2.15. The average Bonchev–Trinajstić information content (AvgIpc) is 2.79. The Hall–Kier alpha value is -2.30. The summed E-state index contributed by atoms with van der Waals surface area (Å²) < 4.78 is 0. The van der Waals surface area contributed by atoms with Gasteiger partial charge >= 0.3 is 0 Å². The molecular weight excluding hydrogens is 298 g/mol. The number of anilines is 4. The van der Waals surface area contributed by atoms with Gasteiger partial charge in [0.15, 0.2) is 11.6 Å². The predicted molar refractivity (Wildman–Crippen MR) is 101 cm³/mol. The highest BCUT2D eigenvalue weighted by molar-refractivity contribution is 5.77. The number of nitrogens with two attached hydrogens (primary N) is 1. The number of rotatable bonds is 4. The summed E-state index contributed by atoms with van der Waals surface area (Å²) in [6, 6.07) is 6.78. The van der Waals surface area contributed by atoms with Crippen molar-refractivity contribution >= 4 is 23.0 Å². The number of nitrogens with one attached hydrogen (secondary N) is 2. The molecule has 1 heterocycles. The van der Waals surface area contributed by atoms with Crippen molar-refractivity contribution in [3.63, 3.8) is 0 Å². The SMILES string of the molecule is Cc1cc(C)cc(Nc2ncnc(NC3CCCCCC3)c2N)c1. The molecule has 128 valence electrons. The molecule has 5 heteroatoms. The molecule has 2 aromatic rings. The van der Waals surface area contributed by atoms with Gasteiger partial charge in [-0.15, -0.1) is 0 Å². The third kappa shape index (κ3) is 4.16. The van der Waals surface area contributed by atoms with E-state index in [4.69, 9.17) is 5.73 Å². The number of aryl methyl sites for hydroxylation is 2. The van der Waals surface area contributed by atoms with Gasteiger partial charge in [0.05, 0.1) is 0 Å². The van der Waals surface area contributed by atoms with Gasteiger partial charge in [0.2, 0.25) is 0 Å². The first-order chi connectivity index (χ1) is 11.6. The summed E-state index contributed by atoms with van der Waals surface area (Å²) >= 11 is 0. The van der Waals surface area contributed by atoms with Crippen LogP contribution in [0.3, 0.4) is 0 Å². The zero-order valence-electron chi connectivity index (χ0n) is 14.6. The van der Waals surface area contributed by atoms with Crippen LogP contribution in [0.5, 0.6) is 0 Å². The maximum absolute atomic E-state index is 6.31. The molecule has 1 aliphatic carbocycles. The van der Waals surface area contributed by atoms with Crippen LogP contribution >= 0.6 is 0 Å². The van der Waals surface area contributed by atoms with Crippen LogP contribution in [-0.4, -0.2) is 16.0 Å². The average molecular weight is 325 g/mol. The monoisotopic (exact) mass is 325 g/mol. The van der Waals surface area contributed by atoms with Crippen LogP contribution in [0.1, 0.15) is 49.7 Å². The van der Waals surface area contributed by atoms with Crippen molar-refractivity contribution in [2.75, 3.05) is 16.4 Å². The van der Waals surface area contributed by atoms with Crippen LogP contribution < -0.4 is 16.4 Å². The highest BCUT2D eigenvalue weighted by Crippen LogP contribution is 2.29. The minimum Gasteiger partial charge on any atom is -0.393 e. The smallest absolute Gasteiger partial charge is 0.159 e. The summed E-state index contributed by atoms with van der Waals surface area (Å²) in [5.41, 5.74) is 10.3. The van der Waals surface area contributed by atoms with Crippen molar-refractivity contribution in [1.82, 2.24) is 9.97 Å². The fourth-order valence-corrected chi connectivity index (χ4v) is 3.41. The molecule has 0 saturated heterocycles. The van der Waals surface area contributed by atoms with Gasteiger partial charge in [0, 0.05) is 11.7 Å². The fraction of sp³-hybridized carbons (Fsp3) is 0.474.